The largest absolute Gasteiger partial charge is 0.445 e. The summed E-state index contributed by atoms with van der Waals surface area (Å²) < 4.78 is 34.1. The van der Waals surface area contributed by atoms with E-state index in [1.807, 2.05) is 30.3 Å². The number of benzene rings is 1. The van der Waals surface area contributed by atoms with Gasteiger partial charge in [-0.3, -0.25) is 0 Å². The highest BCUT2D eigenvalue weighted by atomic mass is 19.3. The molecule has 0 radical (unpaired) electrons. The monoisotopic (exact) mass is 324 g/mol. The van der Waals surface area contributed by atoms with Crippen LogP contribution in [-0.4, -0.2) is 43.1 Å². The summed E-state index contributed by atoms with van der Waals surface area (Å²) in [5, 5.41) is 3.06. The molecule has 6 heteroatoms. The lowest BCUT2D eigenvalue weighted by molar-refractivity contribution is -0.170. The van der Waals surface area contributed by atoms with E-state index in [2.05, 4.69) is 5.32 Å². The van der Waals surface area contributed by atoms with Crippen LogP contribution in [0.4, 0.5) is 13.6 Å². The molecule has 2 fully saturated rings. The number of ether oxygens (including phenoxy) is 1. The molecule has 2 aliphatic heterocycles. The van der Waals surface area contributed by atoms with Crippen LogP contribution in [0.3, 0.4) is 0 Å². The Bertz CT molecular complexity index is 545. The van der Waals surface area contributed by atoms with E-state index in [1.54, 1.807) is 0 Å². The molecule has 2 aliphatic rings. The predicted octanol–water partition coefficient (Wildman–Crippen LogP) is 3.03. The van der Waals surface area contributed by atoms with E-state index in [-0.39, 0.29) is 32.7 Å². The molecule has 3 rings (SSSR count). The average molecular weight is 324 g/mol. The van der Waals surface area contributed by atoms with E-state index in [1.165, 1.54) is 4.90 Å². The van der Waals surface area contributed by atoms with Gasteiger partial charge in [0.2, 0.25) is 0 Å². The number of piperidine rings is 2. The molecule has 1 unspecified atom stereocenters. The fourth-order valence-electron chi connectivity index (χ4n) is 3.48. The van der Waals surface area contributed by atoms with Gasteiger partial charge in [-0.2, -0.15) is 0 Å². The van der Waals surface area contributed by atoms with E-state index in [0.717, 1.165) is 12.1 Å². The van der Waals surface area contributed by atoms with Gasteiger partial charge in [0.05, 0.1) is 5.41 Å². The number of nitrogens with one attached hydrogen (secondary N) is 1. The lowest BCUT2D eigenvalue weighted by Crippen LogP contribution is -2.62. The zero-order valence-electron chi connectivity index (χ0n) is 13.1. The highest BCUT2D eigenvalue weighted by Crippen LogP contribution is 2.47. The number of nitrogens with zero attached hydrogens (tertiary/aromatic N) is 1. The van der Waals surface area contributed by atoms with Crippen molar-refractivity contribution in [3.05, 3.63) is 35.9 Å². The minimum absolute atomic E-state index is 0.0440. The molecule has 1 N–H and O–H groups in total. The van der Waals surface area contributed by atoms with Gasteiger partial charge >= 0.3 is 6.09 Å². The zero-order chi connectivity index (χ0) is 16.3. The van der Waals surface area contributed by atoms with Crippen molar-refractivity contribution in [3.63, 3.8) is 0 Å². The second-order valence-electron chi connectivity index (χ2n) is 6.48. The number of carbonyl (C=O) groups is 1. The number of halogens is 2. The van der Waals surface area contributed by atoms with E-state index in [4.69, 9.17) is 4.74 Å². The smallest absolute Gasteiger partial charge is 0.410 e. The predicted molar refractivity (Wildman–Crippen MR) is 82.3 cm³/mol. The molecule has 0 saturated carbocycles. The lowest BCUT2D eigenvalue weighted by Gasteiger charge is -2.49. The highest BCUT2D eigenvalue weighted by molar-refractivity contribution is 5.68. The van der Waals surface area contributed by atoms with Crippen molar-refractivity contribution in [2.45, 2.75) is 31.8 Å². The third kappa shape index (κ3) is 3.32. The second-order valence-corrected chi connectivity index (χ2v) is 6.48. The highest BCUT2D eigenvalue weighted by Gasteiger charge is 2.57. The van der Waals surface area contributed by atoms with Crippen molar-refractivity contribution < 1.29 is 18.3 Å². The number of amides is 1. The fourth-order valence-corrected chi connectivity index (χ4v) is 3.48. The number of hydrogen-bond acceptors (Lipinski definition) is 3. The Hall–Kier alpha value is -1.69. The van der Waals surface area contributed by atoms with Crippen LogP contribution in [0.1, 0.15) is 24.8 Å². The first-order valence-electron chi connectivity index (χ1n) is 8.07. The van der Waals surface area contributed by atoms with Crippen LogP contribution in [0.25, 0.3) is 0 Å². The summed E-state index contributed by atoms with van der Waals surface area (Å²) in [7, 11) is 0. The third-order valence-corrected chi connectivity index (χ3v) is 4.90. The molecule has 0 aliphatic carbocycles. The zero-order valence-corrected chi connectivity index (χ0v) is 13.1. The summed E-state index contributed by atoms with van der Waals surface area (Å²) in [5.74, 6) is -2.74. The quantitative estimate of drug-likeness (QED) is 0.909. The van der Waals surface area contributed by atoms with Gasteiger partial charge in [0.15, 0.2) is 0 Å². The van der Waals surface area contributed by atoms with Crippen LogP contribution in [0.5, 0.6) is 0 Å². The van der Waals surface area contributed by atoms with Crippen molar-refractivity contribution in [2.24, 2.45) is 5.41 Å². The number of alkyl halides is 2. The van der Waals surface area contributed by atoms with Crippen molar-refractivity contribution in [3.8, 4) is 0 Å². The maximum absolute atomic E-state index is 14.4. The van der Waals surface area contributed by atoms with Crippen LogP contribution in [0.15, 0.2) is 30.3 Å². The first-order valence-corrected chi connectivity index (χ1v) is 8.07. The maximum atomic E-state index is 14.4. The summed E-state index contributed by atoms with van der Waals surface area (Å²) in [4.78, 5) is 13.7. The molecular weight excluding hydrogens is 302 g/mol. The Labute approximate surface area is 134 Å². The molecule has 126 valence electrons. The number of rotatable bonds is 2. The Balaban J connectivity index is 1.63. The molecule has 2 saturated heterocycles. The van der Waals surface area contributed by atoms with Crippen LogP contribution in [-0.2, 0) is 11.3 Å². The first kappa shape index (κ1) is 16.2. The summed E-state index contributed by atoms with van der Waals surface area (Å²) in [6.07, 6.45) is 0.349. The molecule has 1 amide bonds. The van der Waals surface area contributed by atoms with Gasteiger partial charge in [0, 0.05) is 26.1 Å². The molecule has 1 aromatic carbocycles. The first-order chi connectivity index (χ1) is 11.0. The van der Waals surface area contributed by atoms with E-state index in [9.17, 15) is 13.6 Å². The van der Waals surface area contributed by atoms with Gasteiger partial charge in [-0.1, -0.05) is 30.3 Å². The molecule has 1 spiro atoms. The van der Waals surface area contributed by atoms with Crippen LogP contribution in [0, 0.1) is 5.41 Å². The van der Waals surface area contributed by atoms with E-state index >= 15 is 0 Å². The molecule has 0 bridgehead atoms. The van der Waals surface area contributed by atoms with Gasteiger partial charge < -0.3 is 15.0 Å². The minimum atomic E-state index is -2.74. The third-order valence-electron chi connectivity index (χ3n) is 4.90. The molecule has 23 heavy (non-hydrogen) atoms. The van der Waals surface area contributed by atoms with Crippen molar-refractivity contribution in [1.29, 1.82) is 0 Å². The maximum Gasteiger partial charge on any atom is 0.410 e. The second kappa shape index (κ2) is 6.43. The van der Waals surface area contributed by atoms with Gasteiger partial charge in [0.1, 0.15) is 6.61 Å². The molecule has 2 heterocycles. The van der Waals surface area contributed by atoms with Crippen molar-refractivity contribution >= 4 is 6.09 Å². The van der Waals surface area contributed by atoms with E-state index < -0.39 is 17.4 Å². The van der Waals surface area contributed by atoms with Crippen molar-refractivity contribution in [2.75, 3.05) is 26.2 Å². The normalized spacial score (nSPS) is 27.0. The summed E-state index contributed by atoms with van der Waals surface area (Å²) >= 11 is 0. The van der Waals surface area contributed by atoms with Crippen LogP contribution in [0.2, 0.25) is 0 Å². The van der Waals surface area contributed by atoms with Gasteiger partial charge in [-0.25, -0.2) is 13.6 Å². The molecular formula is C17H22F2N2O2. The molecule has 1 aromatic rings. The lowest BCUT2D eigenvalue weighted by atomic mass is 9.71. The number of likely N-dealkylation sites (tertiary alicyclic amines) is 1. The standard InChI is InChI=1S/C17H22F2N2O2/c18-17(19)8-10-21(13-16(17)7-4-9-20-12-16)15(22)23-11-14-5-2-1-3-6-14/h1-3,5-6,20H,4,7-13H2. The Morgan fingerprint density at radius 3 is 2.74 bits per heavy atom. The number of hydrogen-bond donors (Lipinski definition) is 1. The molecule has 1 atom stereocenters. The number of carbonyl (C=O) groups excluding carboxylic acids is 1. The Kier molecular flexibility index (Phi) is 4.53. The van der Waals surface area contributed by atoms with Gasteiger partial charge in [-0.15, -0.1) is 0 Å². The summed E-state index contributed by atoms with van der Waals surface area (Å²) in [5.41, 5.74) is -0.271. The van der Waals surface area contributed by atoms with E-state index in [0.29, 0.717) is 12.8 Å². The van der Waals surface area contributed by atoms with Crippen molar-refractivity contribution in [1.82, 2.24) is 10.2 Å². The van der Waals surface area contributed by atoms with Gasteiger partial charge in [0.25, 0.3) is 5.92 Å². The summed E-state index contributed by atoms with van der Waals surface area (Å²) in [6, 6.07) is 9.35. The van der Waals surface area contributed by atoms with Crippen LogP contribution < -0.4 is 5.32 Å². The minimum Gasteiger partial charge on any atom is -0.445 e. The molecule has 0 aromatic heterocycles. The van der Waals surface area contributed by atoms with Gasteiger partial charge in [-0.05, 0) is 24.9 Å². The molecule has 4 nitrogen and oxygen atoms in total. The summed E-state index contributed by atoms with van der Waals surface area (Å²) in [6.45, 7) is 1.28. The van der Waals surface area contributed by atoms with Crippen LogP contribution >= 0.6 is 0 Å². The SMILES string of the molecule is O=C(OCc1ccccc1)N1CCC(F)(F)C2(CCCNC2)C1. The fraction of sp³-hybridized carbons (Fsp3) is 0.588. The topological polar surface area (TPSA) is 41.6 Å². The average Bonchev–Trinajstić information content (AvgIpc) is 2.57. The Morgan fingerprint density at radius 1 is 1.26 bits per heavy atom. The Morgan fingerprint density at radius 2 is 2.04 bits per heavy atom.